The molecule has 0 unspecified atom stereocenters. The van der Waals surface area contributed by atoms with Gasteiger partial charge in [0.05, 0.1) is 25.6 Å². The molecule has 3 rings (SSSR count). The van der Waals surface area contributed by atoms with Gasteiger partial charge < -0.3 is 9.12 Å². The van der Waals surface area contributed by atoms with E-state index >= 15 is 0 Å². The van der Waals surface area contributed by atoms with Gasteiger partial charge in [0.2, 0.25) is 0 Å². The highest BCUT2D eigenvalue weighted by molar-refractivity contribution is 7.86. The standard InChI is InChI=1S/C10H20OP2.CHF3O3S/c11-13-8-2-1-5-12(6-3-9-13)7-4-10-13;2-1(3,4)8(5,6)7/h1-10H2;(H,5,6,7). The van der Waals surface area contributed by atoms with E-state index in [1.54, 1.807) is 0 Å². The average molecular weight is 368 g/mol. The van der Waals surface area contributed by atoms with Crippen LogP contribution >= 0.6 is 15.1 Å². The van der Waals surface area contributed by atoms with Gasteiger partial charge >= 0.3 is 5.51 Å². The Bertz CT molecular complexity index is 456. The van der Waals surface area contributed by atoms with E-state index in [9.17, 15) is 17.7 Å². The second-order valence-electron chi connectivity index (χ2n) is 5.54. The normalized spacial score (nSPS) is 31.1. The predicted molar refractivity (Wildman–Crippen MR) is 79.3 cm³/mol. The molecule has 0 amide bonds. The highest BCUT2D eigenvalue weighted by Crippen LogP contribution is 2.54. The van der Waals surface area contributed by atoms with E-state index in [-0.39, 0.29) is 7.92 Å². The number of halogens is 3. The van der Waals surface area contributed by atoms with E-state index in [1.165, 1.54) is 44.2 Å². The first kappa shape index (κ1) is 19.4. The minimum Gasteiger partial charge on any atom is -0.741 e. The fraction of sp³-hybridized carbons (Fsp3) is 1.00. The SMILES string of the molecule is O=P12CCCC[PH+](CCC1)CCC2.O=S(=O)([O-])C(F)(F)F. The summed E-state index contributed by atoms with van der Waals surface area (Å²) in [5, 5.41) is 0. The monoisotopic (exact) mass is 368 g/mol. The molecule has 0 aromatic rings. The largest absolute Gasteiger partial charge is 0.741 e. The van der Waals surface area contributed by atoms with Crippen LogP contribution in [0.15, 0.2) is 0 Å². The third-order valence-electron chi connectivity index (χ3n) is 3.82. The lowest BCUT2D eigenvalue weighted by Gasteiger charge is -2.19. The van der Waals surface area contributed by atoms with Crippen molar-refractivity contribution >= 4 is 25.2 Å². The Morgan fingerprint density at radius 1 is 0.905 bits per heavy atom. The summed E-state index contributed by atoms with van der Waals surface area (Å²) in [6, 6.07) is 0. The predicted octanol–water partition coefficient (Wildman–Crippen LogP) is 3.20. The Kier molecular flexibility index (Phi) is 7.17. The van der Waals surface area contributed by atoms with E-state index in [0.29, 0.717) is 0 Å². The number of rotatable bonds is 0. The van der Waals surface area contributed by atoms with Crippen LogP contribution in [0.2, 0.25) is 0 Å². The molecule has 3 saturated heterocycles. The maximum atomic E-state index is 12.4. The Morgan fingerprint density at radius 2 is 1.29 bits per heavy atom. The average Bonchev–Trinajstić information content (AvgIpc) is 2.43. The summed E-state index contributed by atoms with van der Waals surface area (Å²) in [7, 11) is -7.74. The van der Waals surface area contributed by atoms with E-state index in [4.69, 9.17) is 13.0 Å². The van der Waals surface area contributed by atoms with Gasteiger partial charge in [-0.15, -0.1) is 0 Å². The third kappa shape index (κ3) is 6.98. The van der Waals surface area contributed by atoms with Gasteiger partial charge in [0, 0.05) is 26.4 Å². The van der Waals surface area contributed by atoms with Gasteiger partial charge in [0.15, 0.2) is 10.1 Å². The van der Waals surface area contributed by atoms with Gasteiger partial charge in [-0.25, -0.2) is 8.42 Å². The Hall–Kier alpha value is 0.360. The van der Waals surface area contributed by atoms with Crippen LogP contribution in [0.1, 0.15) is 25.7 Å². The summed E-state index contributed by atoms with van der Waals surface area (Å²) in [4.78, 5) is 0. The van der Waals surface area contributed by atoms with Crippen LogP contribution in [0.3, 0.4) is 0 Å². The molecule has 3 aliphatic rings. The maximum absolute atomic E-state index is 12.4. The molecule has 0 N–H and O–H groups in total. The summed E-state index contributed by atoms with van der Waals surface area (Å²) < 4.78 is 71.3. The van der Waals surface area contributed by atoms with Crippen molar-refractivity contribution in [3.05, 3.63) is 0 Å². The van der Waals surface area contributed by atoms with E-state index in [0.717, 1.165) is 18.5 Å². The van der Waals surface area contributed by atoms with Crippen molar-refractivity contribution in [3.63, 3.8) is 0 Å². The third-order valence-corrected chi connectivity index (χ3v) is 11.0. The Morgan fingerprint density at radius 3 is 1.71 bits per heavy atom. The molecular formula is C11H21F3O4P2S. The van der Waals surface area contributed by atoms with Gasteiger partial charge in [0.1, 0.15) is 0 Å². The summed E-state index contributed by atoms with van der Waals surface area (Å²) >= 11 is 0. The highest BCUT2D eigenvalue weighted by Gasteiger charge is 2.37. The zero-order valence-corrected chi connectivity index (χ0v) is 14.4. The molecule has 126 valence electrons. The van der Waals surface area contributed by atoms with Crippen LogP contribution in [-0.4, -0.2) is 55.5 Å². The van der Waals surface area contributed by atoms with Gasteiger partial charge in [-0.2, -0.15) is 13.2 Å². The molecule has 0 saturated carbocycles. The first-order valence-electron chi connectivity index (χ1n) is 6.96. The molecule has 3 heterocycles. The quantitative estimate of drug-likeness (QED) is 0.374. The van der Waals surface area contributed by atoms with Crippen LogP contribution in [0, 0.1) is 0 Å². The van der Waals surface area contributed by atoms with Gasteiger partial charge in [-0.3, -0.25) is 0 Å². The molecule has 10 heteroatoms. The molecule has 0 spiro atoms. The van der Waals surface area contributed by atoms with Gasteiger partial charge in [-0.1, -0.05) is 0 Å². The van der Waals surface area contributed by atoms with Crippen molar-refractivity contribution in [1.82, 2.24) is 0 Å². The van der Waals surface area contributed by atoms with Crippen LogP contribution < -0.4 is 0 Å². The van der Waals surface area contributed by atoms with Crippen molar-refractivity contribution in [3.8, 4) is 0 Å². The van der Waals surface area contributed by atoms with Crippen LogP contribution in [0.4, 0.5) is 13.2 Å². The zero-order chi connectivity index (χ0) is 16.1. The number of alkyl halides is 3. The minimum absolute atomic E-state index is 0.00950. The number of hydrogen-bond acceptors (Lipinski definition) is 4. The minimum atomic E-state index is -6.09. The smallest absolute Gasteiger partial charge is 0.485 e. The molecular weight excluding hydrogens is 347 g/mol. The fourth-order valence-electron chi connectivity index (χ4n) is 2.72. The number of fused-ring (bicyclic) bond motifs is 7. The summed E-state index contributed by atoms with van der Waals surface area (Å²) in [6.07, 6.45) is 13.0. The molecule has 21 heavy (non-hydrogen) atoms. The summed E-state index contributed by atoms with van der Waals surface area (Å²) in [6.45, 7) is 0. The van der Waals surface area contributed by atoms with Crippen LogP contribution in [0.25, 0.3) is 0 Å². The fourth-order valence-corrected chi connectivity index (χ4v) is 9.11. The summed E-state index contributed by atoms with van der Waals surface area (Å²) in [5.74, 6) is 0. The highest BCUT2D eigenvalue weighted by atomic mass is 32.2. The van der Waals surface area contributed by atoms with E-state index < -0.39 is 22.8 Å². The van der Waals surface area contributed by atoms with Crippen molar-refractivity contribution in [2.45, 2.75) is 31.2 Å². The molecule has 3 aliphatic heterocycles. The topological polar surface area (TPSA) is 74.3 Å². The first-order chi connectivity index (χ1) is 9.54. The molecule has 0 atom stereocenters. The van der Waals surface area contributed by atoms with Gasteiger partial charge in [0.25, 0.3) is 0 Å². The van der Waals surface area contributed by atoms with Crippen molar-refractivity contribution in [1.29, 1.82) is 0 Å². The summed E-state index contributed by atoms with van der Waals surface area (Å²) in [5.41, 5.74) is -5.65. The second-order valence-corrected chi connectivity index (χ2v) is 13.4. The molecule has 0 radical (unpaired) electrons. The lowest BCUT2D eigenvalue weighted by molar-refractivity contribution is -0.0517. The molecule has 0 aromatic heterocycles. The number of hydrogen-bond donors (Lipinski definition) is 0. The maximum Gasteiger partial charge on any atom is 0.485 e. The molecule has 3 fully saturated rings. The Balaban J connectivity index is 0.000000240. The lowest BCUT2D eigenvalue weighted by atomic mass is 10.4. The Labute approximate surface area is 124 Å². The molecule has 0 aromatic carbocycles. The molecule has 4 nitrogen and oxygen atoms in total. The van der Waals surface area contributed by atoms with Crippen LogP contribution in [-0.2, 0) is 14.7 Å². The van der Waals surface area contributed by atoms with Crippen LogP contribution in [0.5, 0.6) is 0 Å². The van der Waals surface area contributed by atoms with Crippen molar-refractivity contribution in [2.75, 3.05) is 37.0 Å². The first-order valence-corrected chi connectivity index (χ1v) is 12.8. The van der Waals surface area contributed by atoms with E-state index in [1.807, 2.05) is 0 Å². The molecule has 0 aliphatic carbocycles. The molecule has 2 bridgehead atoms. The second kappa shape index (κ2) is 7.76. The van der Waals surface area contributed by atoms with Gasteiger partial charge in [-0.05, 0) is 25.7 Å². The lowest BCUT2D eigenvalue weighted by Crippen LogP contribution is -2.21. The van der Waals surface area contributed by atoms with Crippen molar-refractivity contribution in [2.24, 2.45) is 0 Å². The zero-order valence-electron chi connectivity index (χ0n) is 11.7. The van der Waals surface area contributed by atoms with E-state index in [2.05, 4.69) is 0 Å². The van der Waals surface area contributed by atoms with Crippen molar-refractivity contribution < 1.29 is 30.7 Å².